The van der Waals surface area contributed by atoms with Gasteiger partial charge in [-0.15, -0.1) is 0 Å². The van der Waals surface area contributed by atoms with Gasteiger partial charge in [-0.2, -0.15) is 0 Å². The number of hydrogen-bond donors (Lipinski definition) is 0. The van der Waals surface area contributed by atoms with Gasteiger partial charge >= 0.3 is 23.8 Å². The Kier molecular flexibility index (Phi) is 9.52. The first kappa shape index (κ1) is 34.7. The lowest BCUT2D eigenvalue weighted by Crippen LogP contribution is -2.53. The molecule has 0 nitrogen and oxygen atoms in total. The maximum absolute atomic E-state index is 2.59. The molecule has 1 saturated heterocycles. The summed E-state index contributed by atoms with van der Waals surface area (Å²) in [5.74, 6) is 0. The minimum atomic E-state index is -1.24. The highest BCUT2D eigenvalue weighted by molar-refractivity contribution is 8.94. The highest BCUT2D eigenvalue weighted by Crippen LogP contribution is 2.47. The highest BCUT2D eigenvalue weighted by Gasteiger charge is 2.50. The molecule has 0 bridgehead atoms. The van der Waals surface area contributed by atoms with Crippen LogP contribution in [-0.2, 0) is 32.5 Å². The van der Waals surface area contributed by atoms with Gasteiger partial charge in [-0.05, 0) is 43.6 Å². The Morgan fingerprint density at radius 1 is 0.350 bits per heavy atom. The molecule has 0 radical (unpaired) electrons. The SMILES string of the molecule is CC(C)(C)c1cc(C(C)(C)C)[c]([Al]2[S][Al]([c]3c(C(C)(C)C)cc(C(C)(C)C)cc3C(C)(C)C)[S]2)c(C(C)(C)C)c1. The van der Waals surface area contributed by atoms with Gasteiger partial charge in [0, 0.05) is 0 Å². The van der Waals surface area contributed by atoms with Crippen molar-refractivity contribution in [1.82, 2.24) is 0 Å². The number of hydrogen-bond acceptors (Lipinski definition) is 2. The smallest absolute Gasteiger partial charge is 0.316 e. The van der Waals surface area contributed by atoms with Crippen molar-refractivity contribution in [3.8, 4) is 0 Å². The molecule has 0 amide bonds. The largest absolute Gasteiger partial charge is 0.432 e. The van der Waals surface area contributed by atoms with E-state index in [1.54, 1.807) is 31.1 Å². The van der Waals surface area contributed by atoms with Crippen molar-refractivity contribution in [3.05, 3.63) is 57.6 Å². The maximum atomic E-state index is 2.59. The summed E-state index contributed by atoms with van der Waals surface area (Å²) in [6, 6.07) is 10.4. The molecule has 0 atom stereocenters. The van der Waals surface area contributed by atoms with Gasteiger partial charge < -0.3 is 17.0 Å². The van der Waals surface area contributed by atoms with Crippen LogP contribution in [0.25, 0.3) is 0 Å². The highest BCUT2D eigenvalue weighted by atomic mass is 32.8. The van der Waals surface area contributed by atoms with E-state index in [0.717, 1.165) is 0 Å². The predicted molar refractivity (Wildman–Crippen MR) is 191 cm³/mol. The van der Waals surface area contributed by atoms with Crippen LogP contribution in [0.1, 0.15) is 158 Å². The topological polar surface area (TPSA) is 0 Å². The molecule has 1 aliphatic heterocycles. The molecule has 1 heterocycles. The summed E-state index contributed by atoms with van der Waals surface area (Å²) in [5.41, 5.74) is 10.3. The predicted octanol–water partition coefficient (Wildman–Crippen LogP) is 10.0. The minimum absolute atomic E-state index is 0.138. The van der Waals surface area contributed by atoms with Crippen molar-refractivity contribution in [3.63, 3.8) is 0 Å². The zero-order valence-electron chi connectivity index (χ0n) is 29.3. The van der Waals surface area contributed by atoms with Crippen molar-refractivity contribution < 1.29 is 0 Å². The monoisotopic (exact) mass is 608 g/mol. The summed E-state index contributed by atoms with van der Waals surface area (Å²) in [7, 11) is 4.94. The van der Waals surface area contributed by atoms with E-state index >= 15 is 0 Å². The fourth-order valence-corrected chi connectivity index (χ4v) is 34.0. The Morgan fingerprint density at radius 2 is 0.550 bits per heavy atom. The molecule has 0 unspecified atom stereocenters. The molecule has 1 aliphatic rings. The van der Waals surface area contributed by atoms with Gasteiger partial charge in [0.05, 0.1) is 0 Å². The standard InChI is InChI=1S/2C18H29.2Al.2S/c2*1-16(2,3)13-10-14(17(4,5)6)12-15(11-13)18(7,8)9;;;;/h2*10-11H,1-9H3;;;;. The second-order valence-electron chi connectivity index (χ2n) is 18.4. The van der Waals surface area contributed by atoms with Gasteiger partial charge in [0.15, 0.2) is 0 Å². The molecule has 4 heteroatoms. The van der Waals surface area contributed by atoms with E-state index in [4.69, 9.17) is 0 Å². The number of rotatable bonds is 2. The zero-order valence-corrected chi connectivity index (χ0v) is 33.2. The van der Waals surface area contributed by atoms with Crippen LogP contribution in [0.5, 0.6) is 0 Å². The van der Waals surface area contributed by atoms with Crippen LogP contribution in [0.2, 0.25) is 0 Å². The van der Waals surface area contributed by atoms with E-state index in [1.165, 1.54) is 11.1 Å². The molecule has 2 aromatic carbocycles. The van der Waals surface area contributed by atoms with Crippen LogP contribution in [0.15, 0.2) is 24.3 Å². The lowest BCUT2D eigenvalue weighted by atomic mass is 9.75. The third-order valence-corrected chi connectivity index (χ3v) is 38.2. The molecular weight excluding hydrogens is 550 g/mol. The summed E-state index contributed by atoms with van der Waals surface area (Å²) in [5, 5.41) is 0. The third kappa shape index (κ3) is 7.46. The number of benzene rings is 2. The van der Waals surface area contributed by atoms with Gasteiger partial charge in [-0.3, -0.25) is 0 Å². The van der Waals surface area contributed by atoms with Crippen molar-refractivity contribution in [2.24, 2.45) is 0 Å². The van der Waals surface area contributed by atoms with Gasteiger partial charge in [0.2, 0.25) is 0 Å². The van der Waals surface area contributed by atoms with E-state index < -0.39 is 23.8 Å². The lowest BCUT2D eigenvalue weighted by molar-refractivity contribution is 0.553. The Balaban J connectivity index is 2.23. The Morgan fingerprint density at radius 3 is 0.700 bits per heavy atom. The summed E-state index contributed by atoms with van der Waals surface area (Å²) in [6.07, 6.45) is 0. The molecule has 0 aromatic heterocycles. The molecule has 220 valence electrons. The van der Waals surface area contributed by atoms with Crippen molar-refractivity contribution in [2.45, 2.75) is 157 Å². The quantitative estimate of drug-likeness (QED) is 0.311. The summed E-state index contributed by atoms with van der Waals surface area (Å²) in [6.45, 7) is 43.4. The lowest BCUT2D eigenvalue weighted by Gasteiger charge is -2.42. The van der Waals surface area contributed by atoms with E-state index in [0.29, 0.717) is 0 Å². The van der Waals surface area contributed by atoms with Crippen LogP contribution in [-0.4, -0.2) is 23.8 Å². The summed E-state index contributed by atoms with van der Waals surface area (Å²) < 4.78 is 3.51. The van der Waals surface area contributed by atoms with Gasteiger partial charge in [0.1, 0.15) is 0 Å². The molecule has 40 heavy (non-hydrogen) atoms. The fraction of sp³-hybridized carbons (Fsp3) is 0.667. The normalized spacial score (nSPS) is 15.9. The molecule has 1 fully saturated rings. The van der Waals surface area contributed by atoms with Gasteiger partial charge in [-0.25, -0.2) is 0 Å². The van der Waals surface area contributed by atoms with Crippen LogP contribution in [0.3, 0.4) is 0 Å². The van der Waals surface area contributed by atoms with Crippen molar-refractivity contribution in [1.29, 1.82) is 0 Å². The van der Waals surface area contributed by atoms with E-state index in [-0.39, 0.29) is 32.5 Å². The van der Waals surface area contributed by atoms with Gasteiger partial charge in [-0.1, -0.05) is 180 Å². The Hall–Kier alpha value is 0.205. The average Bonchev–Trinajstić information content (AvgIpc) is 2.67. The Bertz CT molecular complexity index is 1070. The molecule has 0 saturated carbocycles. The van der Waals surface area contributed by atoms with Crippen LogP contribution in [0.4, 0.5) is 0 Å². The summed E-state index contributed by atoms with van der Waals surface area (Å²) in [4.78, 5) is 0. The van der Waals surface area contributed by atoms with E-state index in [2.05, 4.69) is 166 Å². The average molecular weight is 609 g/mol. The Labute approximate surface area is 262 Å². The molecular formula is C36H58Al2S2. The van der Waals surface area contributed by atoms with E-state index in [9.17, 15) is 0 Å². The second-order valence-corrected chi connectivity index (χ2v) is 35.4. The van der Waals surface area contributed by atoms with E-state index in [1.807, 2.05) is 0 Å². The van der Waals surface area contributed by atoms with Gasteiger partial charge in [0.25, 0.3) is 0 Å². The minimum Gasteiger partial charge on any atom is -0.316 e. The maximum Gasteiger partial charge on any atom is 0.432 e. The van der Waals surface area contributed by atoms with Crippen molar-refractivity contribution >= 4 is 49.6 Å². The molecule has 0 spiro atoms. The first-order chi connectivity index (χ1) is 17.6. The molecule has 0 N–H and O–H groups in total. The molecule has 0 aliphatic carbocycles. The van der Waals surface area contributed by atoms with Crippen LogP contribution < -0.4 is 8.85 Å². The van der Waals surface area contributed by atoms with Crippen molar-refractivity contribution in [2.75, 3.05) is 0 Å². The van der Waals surface area contributed by atoms with Crippen LogP contribution >= 0.6 is 17.0 Å². The molecule has 2 aromatic rings. The third-order valence-electron chi connectivity index (χ3n) is 8.29. The zero-order chi connectivity index (χ0) is 31.0. The first-order valence-electron chi connectivity index (χ1n) is 15.3. The second kappa shape index (κ2) is 11.0. The molecule has 3 rings (SSSR count). The first-order valence-corrected chi connectivity index (χ1v) is 24.0. The summed E-state index contributed by atoms with van der Waals surface area (Å²) >= 11 is -2.48. The van der Waals surface area contributed by atoms with Crippen LogP contribution in [0, 0.1) is 0 Å². The fourth-order valence-electron chi connectivity index (χ4n) is 5.67.